The molecule has 0 amide bonds. The fourth-order valence-electron chi connectivity index (χ4n) is 3.96. The second-order valence-corrected chi connectivity index (χ2v) is 7.83. The van der Waals surface area contributed by atoms with Gasteiger partial charge in [-0.15, -0.1) is 0 Å². The average Bonchev–Trinajstić information content (AvgIpc) is 2.77. The van der Waals surface area contributed by atoms with Gasteiger partial charge in [0.05, 0.1) is 0 Å². The topological polar surface area (TPSA) is 35.9 Å². The number of likely N-dealkylation sites (N-methyl/N-ethyl adjacent to an activating group) is 1. The Morgan fingerprint density at radius 2 is 1.65 bits per heavy atom. The van der Waals surface area contributed by atoms with Crippen molar-refractivity contribution in [2.75, 3.05) is 39.8 Å². The summed E-state index contributed by atoms with van der Waals surface area (Å²) in [4.78, 5) is 4.92. The van der Waals surface area contributed by atoms with Crippen LogP contribution in [0.25, 0.3) is 0 Å². The molecule has 4 heteroatoms. The Bertz CT molecular complexity index is 617. The molecule has 23 heavy (non-hydrogen) atoms. The van der Waals surface area contributed by atoms with E-state index in [1.54, 1.807) is 0 Å². The zero-order valence-corrected chi connectivity index (χ0v) is 15.4. The second-order valence-electron chi connectivity index (χ2n) is 7.83. The van der Waals surface area contributed by atoms with E-state index in [9.17, 15) is 5.11 Å². The lowest BCUT2D eigenvalue weighted by molar-refractivity contribution is 0.0745. The minimum Gasteiger partial charge on any atom is -0.507 e. The number of phenols is 1. The number of nitrogens with zero attached hydrogens (tertiary/aromatic N) is 2. The van der Waals surface area contributed by atoms with Crippen molar-refractivity contribution in [1.29, 1.82) is 0 Å². The van der Waals surface area contributed by atoms with Crippen molar-refractivity contribution >= 4 is 0 Å². The Balaban J connectivity index is 1.96. The maximum atomic E-state index is 10.5. The number of fused-ring (bicyclic) bond motifs is 1. The molecular weight excluding hydrogens is 288 g/mol. The Morgan fingerprint density at radius 1 is 1.04 bits per heavy atom. The van der Waals surface area contributed by atoms with E-state index in [0.29, 0.717) is 11.7 Å². The van der Waals surface area contributed by atoms with Crippen molar-refractivity contribution < 1.29 is 9.84 Å². The Hall–Kier alpha value is -1.26. The molecular formula is C19H30N2O2. The van der Waals surface area contributed by atoms with Gasteiger partial charge in [-0.25, -0.2) is 0 Å². The van der Waals surface area contributed by atoms with Crippen LogP contribution in [0.4, 0.5) is 0 Å². The van der Waals surface area contributed by atoms with Crippen molar-refractivity contribution in [3.05, 3.63) is 22.3 Å². The molecule has 1 saturated heterocycles. The van der Waals surface area contributed by atoms with Crippen LogP contribution in [0.3, 0.4) is 0 Å². The number of aromatic hydroxyl groups is 1. The van der Waals surface area contributed by atoms with Crippen molar-refractivity contribution in [1.82, 2.24) is 9.80 Å². The monoisotopic (exact) mass is 318 g/mol. The summed E-state index contributed by atoms with van der Waals surface area (Å²) in [5.41, 5.74) is 4.00. The molecule has 2 aliphatic rings. The Morgan fingerprint density at radius 3 is 2.26 bits per heavy atom. The molecule has 0 bridgehead atoms. The van der Waals surface area contributed by atoms with E-state index in [1.807, 2.05) is 13.8 Å². The lowest BCUT2D eigenvalue weighted by Gasteiger charge is -2.36. The highest BCUT2D eigenvalue weighted by Gasteiger charge is 2.44. The fraction of sp³-hybridized carbons (Fsp3) is 0.684. The second kappa shape index (κ2) is 5.67. The van der Waals surface area contributed by atoms with Crippen LogP contribution in [0.1, 0.15) is 42.0 Å². The number of hydrogen-bond acceptors (Lipinski definition) is 4. The molecule has 1 fully saturated rings. The third kappa shape index (κ3) is 2.72. The molecule has 0 aliphatic carbocycles. The molecule has 0 saturated carbocycles. The molecule has 2 aliphatic heterocycles. The number of hydrogen-bond donors (Lipinski definition) is 1. The third-order valence-electron chi connectivity index (χ3n) is 5.85. The molecule has 128 valence electrons. The van der Waals surface area contributed by atoms with Crippen LogP contribution >= 0.6 is 0 Å². The average molecular weight is 318 g/mol. The molecule has 3 rings (SSSR count). The third-order valence-corrected chi connectivity index (χ3v) is 5.85. The molecule has 2 heterocycles. The van der Waals surface area contributed by atoms with Crippen LogP contribution in [-0.2, 0) is 0 Å². The summed E-state index contributed by atoms with van der Waals surface area (Å²) < 4.78 is 6.37. The lowest BCUT2D eigenvalue weighted by Crippen LogP contribution is -2.48. The van der Waals surface area contributed by atoms with Gasteiger partial charge in [0.1, 0.15) is 17.1 Å². The molecule has 0 aromatic heterocycles. The van der Waals surface area contributed by atoms with Gasteiger partial charge in [0.15, 0.2) is 0 Å². The summed E-state index contributed by atoms with van der Waals surface area (Å²) in [6, 6.07) is 0. The van der Waals surface area contributed by atoms with Crippen molar-refractivity contribution in [2.45, 2.75) is 46.1 Å². The summed E-state index contributed by atoms with van der Waals surface area (Å²) in [5.74, 6) is 1.74. The predicted octanol–water partition coefficient (Wildman–Crippen LogP) is 2.82. The highest BCUT2D eigenvalue weighted by Crippen LogP contribution is 2.51. The van der Waals surface area contributed by atoms with Gasteiger partial charge in [-0.2, -0.15) is 0 Å². The molecule has 1 atom stereocenters. The van der Waals surface area contributed by atoms with Gasteiger partial charge in [0.25, 0.3) is 0 Å². The summed E-state index contributed by atoms with van der Waals surface area (Å²) in [5, 5.41) is 10.5. The van der Waals surface area contributed by atoms with Crippen LogP contribution in [0.5, 0.6) is 11.5 Å². The molecule has 1 N–H and O–H groups in total. The SMILES string of the molecule is Cc1c(C)c2c(c(C)c1O)[C@H](CN1CCN(C)CC1)C(C)(C)O2. The van der Waals surface area contributed by atoms with E-state index in [2.05, 4.69) is 37.6 Å². The molecule has 1 aromatic rings. The van der Waals surface area contributed by atoms with Gasteiger partial charge < -0.3 is 19.6 Å². The fourth-order valence-corrected chi connectivity index (χ4v) is 3.96. The lowest BCUT2D eigenvalue weighted by atomic mass is 9.82. The number of piperazine rings is 1. The summed E-state index contributed by atoms with van der Waals surface area (Å²) >= 11 is 0. The molecule has 0 radical (unpaired) electrons. The van der Waals surface area contributed by atoms with Crippen molar-refractivity contribution in [2.24, 2.45) is 0 Å². The van der Waals surface area contributed by atoms with Gasteiger partial charge in [-0.1, -0.05) is 0 Å². The standard InChI is InChI=1S/C19H30N2O2/c1-12-13(2)18-16(14(3)17(12)22)15(19(4,5)23-18)11-21-9-7-20(6)8-10-21/h15,22H,7-11H2,1-6H3/t15-/m0/s1. The van der Waals surface area contributed by atoms with Gasteiger partial charge in [-0.05, 0) is 58.4 Å². The van der Waals surface area contributed by atoms with Crippen molar-refractivity contribution in [3.8, 4) is 11.5 Å². The van der Waals surface area contributed by atoms with Crippen LogP contribution in [-0.4, -0.2) is 60.3 Å². The zero-order chi connectivity index (χ0) is 16.9. The maximum Gasteiger partial charge on any atom is 0.127 e. The van der Waals surface area contributed by atoms with E-state index in [1.165, 1.54) is 5.56 Å². The minimum atomic E-state index is -0.235. The first-order valence-corrected chi connectivity index (χ1v) is 8.65. The first-order valence-electron chi connectivity index (χ1n) is 8.65. The van der Waals surface area contributed by atoms with Gasteiger partial charge in [0.2, 0.25) is 0 Å². The number of rotatable bonds is 2. The van der Waals surface area contributed by atoms with E-state index in [4.69, 9.17) is 4.74 Å². The number of benzene rings is 1. The van der Waals surface area contributed by atoms with Gasteiger partial charge >= 0.3 is 0 Å². The van der Waals surface area contributed by atoms with Crippen LogP contribution in [0.2, 0.25) is 0 Å². The zero-order valence-electron chi connectivity index (χ0n) is 15.4. The normalized spacial score (nSPS) is 24.5. The van der Waals surface area contributed by atoms with Gasteiger partial charge in [-0.3, -0.25) is 0 Å². The number of phenolic OH excluding ortho intramolecular Hbond substituents is 1. The van der Waals surface area contributed by atoms with E-state index in [0.717, 1.165) is 55.2 Å². The summed E-state index contributed by atoms with van der Waals surface area (Å²) in [6.45, 7) is 15.9. The van der Waals surface area contributed by atoms with Crippen LogP contribution < -0.4 is 4.74 Å². The minimum absolute atomic E-state index is 0.235. The largest absolute Gasteiger partial charge is 0.507 e. The maximum absolute atomic E-state index is 10.5. The highest BCUT2D eigenvalue weighted by atomic mass is 16.5. The van der Waals surface area contributed by atoms with E-state index < -0.39 is 0 Å². The van der Waals surface area contributed by atoms with Crippen molar-refractivity contribution in [3.63, 3.8) is 0 Å². The smallest absolute Gasteiger partial charge is 0.127 e. The summed E-state index contributed by atoms with van der Waals surface area (Å²) in [6.07, 6.45) is 0. The number of ether oxygens (including phenoxy) is 1. The quantitative estimate of drug-likeness (QED) is 0.909. The molecule has 0 spiro atoms. The Kier molecular flexibility index (Phi) is 4.09. The Labute approximate surface area is 140 Å². The van der Waals surface area contributed by atoms with Crippen LogP contribution in [0.15, 0.2) is 0 Å². The first kappa shape index (κ1) is 16.6. The molecule has 0 unspecified atom stereocenters. The molecule has 1 aromatic carbocycles. The van der Waals surface area contributed by atoms with E-state index in [-0.39, 0.29) is 5.60 Å². The first-order chi connectivity index (χ1) is 10.7. The van der Waals surface area contributed by atoms with Gasteiger partial charge in [0, 0.05) is 44.2 Å². The predicted molar refractivity (Wildman–Crippen MR) is 93.7 cm³/mol. The van der Waals surface area contributed by atoms with Crippen LogP contribution in [0, 0.1) is 20.8 Å². The van der Waals surface area contributed by atoms with E-state index >= 15 is 0 Å². The molecule has 4 nitrogen and oxygen atoms in total. The highest BCUT2D eigenvalue weighted by molar-refractivity contribution is 5.61. The summed E-state index contributed by atoms with van der Waals surface area (Å²) in [7, 11) is 2.18.